The van der Waals surface area contributed by atoms with Gasteiger partial charge < -0.3 is 36.2 Å². The van der Waals surface area contributed by atoms with E-state index in [2.05, 4.69) is 27.9 Å². The summed E-state index contributed by atoms with van der Waals surface area (Å²) in [5, 5.41) is 63.3. The van der Waals surface area contributed by atoms with Gasteiger partial charge in [-0.05, 0) is 18.6 Å². The predicted molar refractivity (Wildman–Crippen MR) is 144 cm³/mol. The predicted octanol–water partition coefficient (Wildman–Crippen LogP) is 0.735. The highest BCUT2D eigenvalue weighted by molar-refractivity contribution is 7.99. The molecule has 2 rings (SSSR count). The summed E-state index contributed by atoms with van der Waals surface area (Å²) < 4.78 is 1.02. The number of aromatic nitrogens is 3. The maximum absolute atomic E-state index is 13.0. The van der Waals surface area contributed by atoms with Gasteiger partial charge in [0, 0.05) is 12.2 Å². The molecule has 2 unspecified atom stereocenters. The minimum atomic E-state index is -1.73. The summed E-state index contributed by atoms with van der Waals surface area (Å²) in [5.74, 6) is 0.555. The molecule has 0 saturated heterocycles. The fourth-order valence-corrected chi connectivity index (χ4v) is 5.36. The minimum absolute atomic E-state index is 0.00677. The van der Waals surface area contributed by atoms with Gasteiger partial charge in [-0.25, -0.2) is 4.68 Å². The maximum atomic E-state index is 13.0. The first kappa shape index (κ1) is 32.4. The molecule has 38 heavy (non-hydrogen) atoms. The van der Waals surface area contributed by atoms with Gasteiger partial charge in [-0.1, -0.05) is 64.0 Å². The molecule has 1 aliphatic rings. The SMILES string of the molecule is CCCCCCCCCCC(=O)N[C@H](CSCCC)C(=O)Nc1cn(C2[C@H](O)[C@H](O)C(O)[C@H](O)[C@H]2O)nn1. The first-order valence-corrected chi connectivity index (χ1v) is 14.9. The van der Waals surface area contributed by atoms with Crippen molar-refractivity contribution < 1.29 is 35.1 Å². The van der Waals surface area contributed by atoms with Crippen LogP contribution in [0.4, 0.5) is 5.82 Å². The molecule has 13 heteroatoms. The Kier molecular flexibility index (Phi) is 14.5. The summed E-state index contributed by atoms with van der Waals surface area (Å²) in [4.78, 5) is 25.5. The number of anilines is 1. The Morgan fingerprint density at radius 3 is 2.08 bits per heavy atom. The first-order chi connectivity index (χ1) is 18.2. The molecule has 1 aromatic heterocycles. The van der Waals surface area contributed by atoms with E-state index in [1.54, 1.807) is 11.8 Å². The number of carbonyl (C=O) groups is 2. The maximum Gasteiger partial charge on any atom is 0.249 e. The number of unbranched alkanes of at least 4 members (excludes halogenated alkanes) is 7. The van der Waals surface area contributed by atoms with E-state index < -0.39 is 48.5 Å². The van der Waals surface area contributed by atoms with Crippen molar-refractivity contribution >= 4 is 29.4 Å². The molecule has 0 bridgehead atoms. The van der Waals surface area contributed by atoms with Crippen LogP contribution in [0.1, 0.15) is 84.1 Å². The summed E-state index contributed by atoms with van der Waals surface area (Å²) in [6.45, 7) is 4.22. The van der Waals surface area contributed by atoms with Crippen molar-refractivity contribution in [2.24, 2.45) is 0 Å². The normalized spacial score (nSPS) is 26.2. The van der Waals surface area contributed by atoms with E-state index >= 15 is 0 Å². The van der Waals surface area contributed by atoms with Gasteiger partial charge in [-0.3, -0.25) is 9.59 Å². The fraction of sp³-hybridized carbons (Fsp3) is 0.840. The van der Waals surface area contributed by atoms with Crippen LogP contribution in [-0.2, 0) is 9.59 Å². The van der Waals surface area contributed by atoms with Crippen LogP contribution in [0.3, 0.4) is 0 Å². The Labute approximate surface area is 228 Å². The average Bonchev–Trinajstić information content (AvgIpc) is 3.35. The second-order valence-electron chi connectivity index (χ2n) is 9.94. The smallest absolute Gasteiger partial charge is 0.249 e. The zero-order valence-corrected chi connectivity index (χ0v) is 23.2. The summed E-state index contributed by atoms with van der Waals surface area (Å²) in [5.41, 5.74) is 0. The Morgan fingerprint density at radius 2 is 1.47 bits per heavy atom. The third kappa shape index (κ3) is 9.76. The highest BCUT2D eigenvalue weighted by Crippen LogP contribution is 2.30. The van der Waals surface area contributed by atoms with Crippen molar-refractivity contribution in [3.8, 4) is 0 Å². The molecule has 12 nitrogen and oxygen atoms in total. The van der Waals surface area contributed by atoms with Crippen LogP contribution in [0.5, 0.6) is 0 Å². The number of aliphatic hydroxyl groups excluding tert-OH is 5. The number of thioether (sulfide) groups is 1. The lowest BCUT2D eigenvalue weighted by Crippen LogP contribution is -2.61. The number of amides is 2. The molecule has 7 N–H and O–H groups in total. The highest BCUT2D eigenvalue weighted by atomic mass is 32.2. The lowest BCUT2D eigenvalue weighted by atomic mass is 9.83. The molecule has 7 atom stereocenters. The first-order valence-electron chi connectivity index (χ1n) is 13.7. The summed E-state index contributed by atoms with van der Waals surface area (Å²) in [7, 11) is 0. The molecule has 0 spiro atoms. The summed E-state index contributed by atoms with van der Waals surface area (Å²) in [6, 6.07) is -2.09. The molecule has 0 aromatic carbocycles. The molecule has 0 aliphatic heterocycles. The molecular formula is C25H45N5O7S. The van der Waals surface area contributed by atoms with Gasteiger partial charge in [0.05, 0.1) is 6.20 Å². The van der Waals surface area contributed by atoms with Crippen LogP contribution >= 0.6 is 11.8 Å². The minimum Gasteiger partial charge on any atom is -0.388 e. The van der Waals surface area contributed by atoms with E-state index in [1.807, 2.05) is 6.92 Å². The molecular weight excluding hydrogens is 514 g/mol. The van der Waals surface area contributed by atoms with Crippen molar-refractivity contribution in [2.75, 3.05) is 16.8 Å². The lowest BCUT2D eigenvalue weighted by Gasteiger charge is -2.41. The zero-order chi connectivity index (χ0) is 28.1. The standard InChI is InChI=1S/C25H45N5O7S/c1-3-5-6-7-8-9-10-11-12-18(31)26-16(15-38-13-4-2)25(37)27-17-14-30(29-28-17)19-20(32)22(34)24(36)23(35)21(19)33/h14,16,19-24,32-36H,3-13,15H2,1-2H3,(H,26,31)(H,27,37)/t16-,19?,20+,21+,22-,23+,24?/m1/s1. The Bertz CT molecular complexity index is 829. The molecule has 2 amide bonds. The molecule has 218 valence electrons. The van der Waals surface area contributed by atoms with E-state index in [-0.39, 0.29) is 11.7 Å². The monoisotopic (exact) mass is 559 g/mol. The van der Waals surface area contributed by atoms with E-state index in [0.717, 1.165) is 36.1 Å². The van der Waals surface area contributed by atoms with Crippen LogP contribution in [0.25, 0.3) is 0 Å². The van der Waals surface area contributed by atoms with Crippen LogP contribution in [0.2, 0.25) is 0 Å². The quantitative estimate of drug-likeness (QED) is 0.134. The third-order valence-electron chi connectivity index (χ3n) is 6.71. The van der Waals surface area contributed by atoms with Gasteiger partial charge in [-0.15, -0.1) is 5.10 Å². The largest absolute Gasteiger partial charge is 0.388 e. The zero-order valence-electron chi connectivity index (χ0n) is 22.4. The van der Waals surface area contributed by atoms with Crippen LogP contribution in [0, 0.1) is 0 Å². The molecule has 0 radical (unpaired) electrons. The summed E-state index contributed by atoms with van der Waals surface area (Å²) in [6.07, 6.45) is 3.07. The number of carbonyl (C=O) groups excluding carboxylic acids is 2. The van der Waals surface area contributed by atoms with E-state index in [9.17, 15) is 35.1 Å². The topological polar surface area (TPSA) is 190 Å². The van der Waals surface area contributed by atoms with Crippen LogP contribution in [0.15, 0.2) is 6.20 Å². The number of aliphatic hydroxyl groups is 5. The van der Waals surface area contributed by atoms with E-state index in [1.165, 1.54) is 38.3 Å². The van der Waals surface area contributed by atoms with E-state index in [0.29, 0.717) is 12.2 Å². The molecule has 1 aromatic rings. The van der Waals surface area contributed by atoms with Crippen molar-refractivity contribution in [3.05, 3.63) is 6.20 Å². The van der Waals surface area contributed by atoms with Crippen LogP contribution in [-0.4, -0.2) is 100 Å². The van der Waals surface area contributed by atoms with Gasteiger partial charge in [-0.2, -0.15) is 11.8 Å². The molecule has 1 fully saturated rings. The van der Waals surface area contributed by atoms with Crippen molar-refractivity contribution in [2.45, 2.75) is 121 Å². The molecule has 1 saturated carbocycles. The van der Waals surface area contributed by atoms with Crippen molar-refractivity contribution in [1.29, 1.82) is 0 Å². The van der Waals surface area contributed by atoms with Gasteiger partial charge in [0.2, 0.25) is 11.8 Å². The van der Waals surface area contributed by atoms with Gasteiger partial charge in [0.1, 0.15) is 42.6 Å². The second-order valence-corrected chi connectivity index (χ2v) is 11.1. The van der Waals surface area contributed by atoms with Gasteiger partial charge in [0.15, 0.2) is 5.82 Å². The van der Waals surface area contributed by atoms with Gasteiger partial charge in [0.25, 0.3) is 0 Å². The number of hydrogen-bond acceptors (Lipinski definition) is 10. The van der Waals surface area contributed by atoms with Crippen molar-refractivity contribution in [3.63, 3.8) is 0 Å². The third-order valence-corrected chi connectivity index (χ3v) is 7.97. The Hall–Kier alpha value is -1.77. The number of rotatable bonds is 17. The second kappa shape index (κ2) is 17.0. The highest BCUT2D eigenvalue weighted by Gasteiger charge is 2.49. The molecule has 1 heterocycles. The Balaban J connectivity index is 1.91. The number of nitrogens with one attached hydrogen (secondary N) is 2. The van der Waals surface area contributed by atoms with Gasteiger partial charge >= 0.3 is 0 Å². The van der Waals surface area contributed by atoms with E-state index in [4.69, 9.17) is 0 Å². The Morgan fingerprint density at radius 1 is 0.895 bits per heavy atom. The number of nitrogens with zero attached hydrogens (tertiary/aromatic N) is 3. The lowest BCUT2D eigenvalue weighted by molar-refractivity contribution is -0.200. The van der Waals surface area contributed by atoms with Crippen molar-refractivity contribution in [1.82, 2.24) is 20.3 Å². The average molecular weight is 560 g/mol. The van der Waals surface area contributed by atoms with Crippen LogP contribution < -0.4 is 10.6 Å². The fourth-order valence-electron chi connectivity index (χ4n) is 4.43. The number of hydrogen-bond donors (Lipinski definition) is 7. The summed E-state index contributed by atoms with van der Waals surface area (Å²) >= 11 is 1.55. The molecule has 1 aliphatic carbocycles.